The summed E-state index contributed by atoms with van der Waals surface area (Å²) in [7, 11) is 0. The number of fused-ring (bicyclic) bond motifs is 5. The molecule has 282 valence electrons. The molecule has 8 nitrogen and oxygen atoms in total. The van der Waals surface area contributed by atoms with Crippen molar-refractivity contribution in [2.75, 3.05) is 23.8 Å². The summed E-state index contributed by atoms with van der Waals surface area (Å²) in [4.78, 5) is 36.6. The highest BCUT2D eigenvalue weighted by atomic mass is 16.6. The van der Waals surface area contributed by atoms with Gasteiger partial charge in [0.25, 0.3) is 0 Å². The quantitative estimate of drug-likeness (QED) is 0.0657. The number of carbonyl (C=O) groups is 3. The molecule has 0 aromatic heterocycles. The number of unbranched alkanes of at least 4 members (excludes halogenated alkanes) is 1. The monoisotopic (exact) mass is 704 g/mol. The minimum Gasteiger partial charge on any atom is -0.463 e. The molecule has 0 spiro atoms. The molecule has 4 aliphatic carbocycles. The minimum atomic E-state index is -0.587. The lowest BCUT2D eigenvalue weighted by Gasteiger charge is -2.58. The SMILES string of the molecule is C=CC(=O)OCCCCOC(=O)Nc1cc(NC(=O)O[C@H]2CC[C@@]3(C)C(=CC[C@H]4[C@@H]5CC[C@H]([C@H](C)CCCC(C)C)[C@@]5(C)CC[C@@H]43)C2)ccc1C. The zero-order valence-electron chi connectivity index (χ0n) is 32.2. The third kappa shape index (κ3) is 9.21. The molecule has 2 N–H and O–H groups in total. The summed E-state index contributed by atoms with van der Waals surface area (Å²) in [6.45, 7) is 18.1. The van der Waals surface area contributed by atoms with Crippen LogP contribution >= 0.6 is 0 Å². The molecule has 1 aromatic rings. The van der Waals surface area contributed by atoms with Gasteiger partial charge < -0.3 is 14.2 Å². The zero-order chi connectivity index (χ0) is 36.8. The number of rotatable bonds is 14. The largest absolute Gasteiger partial charge is 0.463 e. The van der Waals surface area contributed by atoms with Crippen LogP contribution in [0.2, 0.25) is 0 Å². The number of hydrogen-bond acceptors (Lipinski definition) is 6. The summed E-state index contributed by atoms with van der Waals surface area (Å²) in [5.74, 6) is 4.36. The minimum absolute atomic E-state index is 0.143. The first-order valence-electron chi connectivity index (χ1n) is 19.8. The summed E-state index contributed by atoms with van der Waals surface area (Å²) in [5.41, 5.74) is 4.11. The van der Waals surface area contributed by atoms with E-state index >= 15 is 0 Å². The van der Waals surface area contributed by atoms with Gasteiger partial charge in [0.05, 0.1) is 13.2 Å². The van der Waals surface area contributed by atoms with E-state index in [2.05, 4.69) is 57.9 Å². The van der Waals surface area contributed by atoms with Crippen LogP contribution < -0.4 is 10.6 Å². The highest BCUT2D eigenvalue weighted by Gasteiger charge is 2.59. The number of amides is 2. The smallest absolute Gasteiger partial charge is 0.411 e. The third-order valence-electron chi connectivity index (χ3n) is 13.4. The predicted octanol–water partition coefficient (Wildman–Crippen LogP) is 11.0. The Labute approximate surface area is 306 Å². The highest BCUT2D eigenvalue weighted by Crippen LogP contribution is 2.67. The van der Waals surface area contributed by atoms with Crippen molar-refractivity contribution >= 4 is 29.5 Å². The molecule has 8 heteroatoms. The molecule has 51 heavy (non-hydrogen) atoms. The van der Waals surface area contributed by atoms with Gasteiger partial charge in [-0.15, -0.1) is 0 Å². The first kappa shape index (κ1) is 38.9. The first-order valence-corrected chi connectivity index (χ1v) is 19.8. The van der Waals surface area contributed by atoms with Gasteiger partial charge in [-0.1, -0.05) is 78.2 Å². The molecule has 4 aliphatic rings. The van der Waals surface area contributed by atoms with Crippen LogP contribution in [0.3, 0.4) is 0 Å². The van der Waals surface area contributed by atoms with Gasteiger partial charge in [-0.2, -0.15) is 0 Å². The molecule has 0 heterocycles. The fourth-order valence-electron chi connectivity index (χ4n) is 10.6. The van der Waals surface area contributed by atoms with Crippen LogP contribution in [0.25, 0.3) is 0 Å². The molecule has 5 rings (SSSR count). The van der Waals surface area contributed by atoms with Gasteiger partial charge >= 0.3 is 18.2 Å². The maximum Gasteiger partial charge on any atom is 0.411 e. The molecule has 0 bridgehead atoms. The Morgan fingerprint density at radius 2 is 1.69 bits per heavy atom. The van der Waals surface area contributed by atoms with Gasteiger partial charge in [0, 0.05) is 23.9 Å². The zero-order valence-corrected chi connectivity index (χ0v) is 32.2. The molecule has 0 radical (unpaired) electrons. The number of ether oxygens (including phenoxy) is 3. The second-order valence-electron chi connectivity index (χ2n) is 17.1. The Balaban J connectivity index is 1.11. The second kappa shape index (κ2) is 17.0. The lowest BCUT2D eigenvalue weighted by atomic mass is 9.47. The average molecular weight is 705 g/mol. The maximum absolute atomic E-state index is 13.1. The lowest BCUT2D eigenvalue weighted by molar-refractivity contribution is -0.137. The molecule has 2 amide bonds. The number of hydrogen-bond donors (Lipinski definition) is 2. The Bertz CT molecular complexity index is 1440. The number of anilines is 2. The van der Waals surface area contributed by atoms with Crippen LogP contribution in [0, 0.1) is 53.3 Å². The first-order chi connectivity index (χ1) is 24.3. The fraction of sp³-hybridized carbons (Fsp3) is 0.698. The normalized spacial score (nSPS) is 30.2. The predicted molar refractivity (Wildman–Crippen MR) is 203 cm³/mol. The van der Waals surface area contributed by atoms with E-state index in [1.165, 1.54) is 56.9 Å². The summed E-state index contributed by atoms with van der Waals surface area (Å²) >= 11 is 0. The standard InChI is InChI=1S/C43H64N2O6/c1-8-39(46)49-24-9-10-25-50-40(47)45-38-27-32(16-14-30(38)5)44-41(48)51-33-20-22-42(6)31(26-33)15-17-34-36-19-18-35(29(4)13-11-12-28(2)3)43(36,7)23-21-37(34)42/h8,14-16,27-29,33-37H,1,9-13,17-26H2,2-7H3,(H,44,48)(H,45,47)/t29-,33+,34+,35-,36+,37+,42+,43-/m1/s1. The van der Waals surface area contributed by atoms with E-state index in [4.69, 9.17) is 14.2 Å². The summed E-state index contributed by atoms with van der Waals surface area (Å²) in [5, 5.41) is 5.63. The summed E-state index contributed by atoms with van der Waals surface area (Å²) in [6.07, 6.45) is 17.1. The van der Waals surface area contributed by atoms with Crippen molar-refractivity contribution in [3.63, 3.8) is 0 Å². The molecule has 1 aromatic carbocycles. The van der Waals surface area contributed by atoms with Gasteiger partial charge in [-0.3, -0.25) is 10.6 Å². The van der Waals surface area contributed by atoms with Crippen molar-refractivity contribution in [2.24, 2.45) is 46.3 Å². The lowest BCUT2D eigenvalue weighted by Crippen LogP contribution is -2.51. The van der Waals surface area contributed by atoms with Crippen molar-refractivity contribution < 1.29 is 28.6 Å². The highest BCUT2D eigenvalue weighted by molar-refractivity contribution is 5.89. The van der Waals surface area contributed by atoms with Crippen molar-refractivity contribution in [1.29, 1.82) is 0 Å². The molecule has 0 saturated heterocycles. The number of esters is 1. The number of allylic oxidation sites excluding steroid dienone is 1. The van der Waals surface area contributed by atoms with E-state index in [-0.39, 0.29) is 24.7 Å². The van der Waals surface area contributed by atoms with Crippen LogP contribution in [-0.2, 0) is 19.0 Å². The topological polar surface area (TPSA) is 103 Å². The van der Waals surface area contributed by atoms with Gasteiger partial charge in [-0.05, 0) is 129 Å². The van der Waals surface area contributed by atoms with Crippen molar-refractivity contribution in [1.82, 2.24) is 0 Å². The van der Waals surface area contributed by atoms with E-state index in [0.29, 0.717) is 29.6 Å². The maximum atomic E-state index is 13.1. The number of aryl methyl sites for hydroxylation is 1. The fourth-order valence-corrected chi connectivity index (χ4v) is 10.6. The van der Waals surface area contributed by atoms with Crippen molar-refractivity contribution in [3.8, 4) is 0 Å². The molecule has 8 atom stereocenters. The number of carbonyl (C=O) groups excluding carboxylic acids is 3. The summed E-state index contributed by atoms with van der Waals surface area (Å²) in [6, 6.07) is 5.35. The summed E-state index contributed by atoms with van der Waals surface area (Å²) < 4.78 is 16.2. The molecular weight excluding hydrogens is 640 g/mol. The van der Waals surface area contributed by atoms with E-state index in [1.54, 1.807) is 12.1 Å². The van der Waals surface area contributed by atoms with Crippen LogP contribution in [0.15, 0.2) is 42.5 Å². The van der Waals surface area contributed by atoms with Crippen molar-refractivity contribution in [3.05, 3.63) is 48.1 Å². The average Bonchev–Trinajstić information content (AvgIpc) is 3.45. The van der Waals surface area contributed by atoms with Crippen LogP contribution in [0.1, 0.15) is 124 Å². The Hall–Kier alpha value is -3.29. The Kier molecular flexibility index (Phi) is 13.0. The van der Waals surface area contributed by atoms with E-state index in [0.717, 1.165) is 66.4 Å². The van der Waals surface area contributed by atoms with Gasteiger partial charge in [0.15, 0.2) is 0 Å². The van der Waals surface area contributed by atoms with E-state index in [1.807, 2.05) is 13.0 Å². The second-order valence-corrected chi connectivity index (χ2v) is 17.1. The molecule has 3 saturated carbocycles. The molecular formula is C43H64N2O6. The Morgan fingerprint density at radius 3 is 2.43 bits per heavy atom. The van der Waals surface area contributed by atoms with Crippen molar-refractivity contribution in [2.45, 2.75) is 131 Å². The van der Waals surface area contributed by atoms with Gasteiger partial charge in [0.1, 0.15) is 6.10 Å². The van der Waals surface area contributed by atoms with E-state index < -0.39 is 18.2 Å². The van der Waals surface area contributed by atoms with Gasteiger partial charge in [0.2, 0.25) is 0 Å². The van der Waals surface area contributed by atoms with Crippen LogP contribution in [-0.4, -0.2) is 37.5 Å². The van der Waals surface area contributed by atoms with Gasteiger partial charge in [-0.25, -0.2) is 14.4 Å². The van der Waals surface area contributed by atoms with Crippen LogP contribution in [0.5, 0.6) is 0 Å². The number of nitrogens with one attached hydrogen (secondary N) is 2. The third-order valence-corrected chi connectivity index (χ3v) is 13.4. The molecule has 0 aliphatic heterocycles. The Morgan fingerprint density at radius 1 is 0.922 bits per heavy atom. The number of benzene rings is 1. The molecule has 3 fully saturated rings. The van der Waals surface area contributed by atoms with Crippen LogP contribution in [0.4, 0.5) is 21.0 Å². The molecule has 0 unspecified atom stereocenters. The van der Waals surface area contributed by atoms with E-state index in [9.17, 15) is 14.4 Å².